The van der Waals surface area contributed by atoms with Crippen LogP contribution in [0.2, 0.25) is 0 Å². The zero-order chi connectivity index (χ0) is 54.5. The number of aromatic nitrogens is 4. The molecule has 2 aliphatic heterocycles. The summed E-state index contributed by atoms with van der Waals surface area (Å²) in [5.74, 6) is 2.07. The molecule has 0 aliphatic carbocycles. The predicted molar refractivity (Wildman–Crippen MR) is 319 cm³/mol. The minimum absolute atomic E-state index is 0.0140. The molecule has 6 heterocycles. The van der Waals surface area contributed by atoms with Crippen LogP contribution < -0.4 is 25.8 Å². The van der Waals surface area contributed by atoms with Crippen molar-refractivity contribution in [3.8, 4) is 34.0 Å². The van der Waals surface area contributed by atoms with Crippen LogP contribution in [0.1, 0.15) is 37.4 Å². The molecule has 0 saturated heterocycles. The summed E-state index contributed by atoms with van der Waals surface area (Å²) in [7, 11) is 3.63. The average Bonchev–Trinajstić information content (AvgIpc) is 4.06. The Morgan fingerprint density at radius 2 is 0.924 bits per heavy atom. The quantitative estimate of drug-likeness (QED) is 0.0939. The largest absolute Gasteiger partial charge is 0.508 e. The standard InChI is InChI=1S/C36H29N5O2S.C28H22N4O2S/c1-22-7-6-20-41-34(22)39-33(25-12-17-28(42)18-13-25)35(41)38-26-14-10-24(11-15-26)23(2)37-27-16-19-30-32(21-27)44-31-9-5-4-8-29(31)36(43)40(30)3;1-17-6-5-15-32-26(17)30-25(18-9-12-20(33)13-10-18)27(32)29-19-11-14-22-24(16-19)35-23-8-4-3-7-21(23)28(34)31(22)2/h4-21,37-38,42H,2H2,1,3H3;3-16,29,33H,1-2H3. The normalized spacial score (nSPS) is 12.6. The van der Waals surface area contributed by atoms with Gasteiger partial charge in [-0.15, -0.1) is 0 Å². The fourth-order valence-corrected chi connectivity index (χ4v) is 12.0. The smallest absolute Gasteiger partial charge is 0.259 e. The third kappa shape index (κ3) is 9.66. The van der Waals surface area contributed by atoms with Crippen molar-refractivity contribution in [3.63, 3.8) is 0 Å². The number of carbonyl (C=O) groups is 2. The lowest BCUT2D eigenvalue weighted by Crippen LogP contribution is -2.25. The van der Waals surface area contributed by atoms with E-state index in [4.69, 9.17) is 9.97 Å². The first-order valence-electron chi connectivity index (χ1n) is 25.4. The summed E-state index contributed by atoms with van der Waals surface area (Å²) < 4.78 is 4.09. The lowest BCUT2D eigenvalue weighted by molar-refractivity contribution is 0.0982. The molecule has 7 aromatic carbocycles. The summed E-state index contributed by atoms with van der Waals surface area (Å²) in [6.07, 6.45) is 3.98. The molecule has 2 aliphatic rings. The first-order chi connectivity index (χ1) is 38.3. The Morgan fingerprint density at radius 3 is 1.42 bits per heavy atom. The van der Waals surface area contributed by atoms with Gasteiger partial charge < -0.3 is 36.0 Å². The van der Waals surface area contributed by atoms with Crippen molar-refractivity contribution < 1.29 is 19.8 Å². The van der Waals surface area contributed by atoms with Gasteiger partial charge in [-0.3, -0.25) is 18.4 Å². The number of aryl methyl sites for hydroxylation is 2. The molecular formula is C64H51N9O4S2. The third-order valence-electron chi connectivity index (χ3n) is 14.0. The molecule has 0 radical (unpaired) electrons. The van der Waals surface area contributed by atoms with Gasteiger partial charge in [0.2, 0.25) is 0 Å². The Labute approximate surface area is 464 Å². The highest BCUT2D eigenvalue weighted by Crippen LogP contribution is 2.45. The molecule has 0 spiro atoms. The van der Waals surface area contributed by atoms with Crippen LogP contribution in [0.5, 0.6) is 11.5 Å². The number of carbonyl (C=O) groups excluding carboxylic acids is 2. The first kappa shape index (κ1) is 50.1. The van der Waals surface area contributed by atoms with E-state index in [1.54, 1.807) is 57.6 Å². The topological polar surface area (TPSA) is 152 Å². The molecule has 0 fully saturated rings. The van der Waals surface area contributed by atoms with Gasteiger partial charge in [0, 0.05) is 80.0 Å². The maximum atomic E-state index is 13.0. The van der Waals surface area contributed by atoms with E-state index in [1.807, 2.05) is 195 Å². The Morgan fingerprint density at radius 1 is 0.494 bits per heavy atom. The van der Waals surface area contributed by atoms with Gasteiger partial charge in [0.1, 0.15) is 45.8 Å². The molecule has 13 rings (SSSR count). The summed E-state index contributed by atoms with van der Waals surface area (Å²) >= 11 is 3.19. The minimum atomic E-state index is -0.0144. The van der Waals surface area contributed by atoms with Gasteiger partial charge in [-0.25, -0.2) is 9.97 Å². The van der Waals surface area contributed by atoms with Crippen LogP contribution in [0, 0.1) is 13.8 Å². The van der Waals surface area contributed by atoms with Gasteiger partial charge in [0.25, 0.3) is 11.8 Å². The number of nitrogens with one attached hydrogen (secondary N) is 3. The molecule has 15 heteroatoms. The van der Waals surface area contributed by atoms with E-state index in [0.717, 1.165) is 116 Å². The highest BCUT2D eigenvalue weighted by Gasteiger charge is 2.27. The minimum Gasteiger partial charge on any atom is -0.508 e. The number of amides is 2. The van der Waals surface area contributed by atoms with Crippen molar-refractivity contribution >= 4 is 92.4 Å². The maximum Gasteiger partial charge on any atom is 0.259 e. The van der Waals surface area contributed by atoms with E-state index in [0.29, 0.717) is 11.1 Å². The van der Waals surface area contributed by atoms with Crippen molar-refractivity contribution in [2.75, 3.05) is 39.8 Å². The van der Waals surface area contributed by atoms with Crippen LogP contribution in [-0.4, -0.2) is 54.9 Å². The van der Waals surface area contributed by atoms with Crippen molar-refractivity contribution in [2.24, 2.45) is 0 Å². The van der Waals surface area contributed by atoms with Crippen molar-refractivity contribution in [2.45, 2.75) is 33.4 Å². The molecule has 13 nitrogen and oxygen atoms in total. The molecule has 0 unspecified atom stereocenters. The molecule has 0 saturated carbocycles. The molecule has 79 heavy (non-hydrogen) atoms. The highest BCUT2D eigenvalue weighted by molar-refractivity contribution is 8.00. The molecule has 11 aromatic rings. The molecule has 388 valence electrons. The zero-order valence-corrected chi connectivity index (χ0v) is 45.0. The maximum absolute atomic E-state index is 13.0. The van der Waals surface area contributed by atoms with Gasteiger partial charge >= 0.3 is 0 Å². The second kappa shape index (κ2) is 20.7. The number of phenols is 2. The number of rotatable bonds is 9. The Hall–Kier alpha value is -9.70. The number of phenolic OH excluding ortho intramolecular Hbond substituents is 2. The Bertz CT molecular complexity index is 4210. The van der Waals surface area contributed by atoms with Crippen LogP contribution in [0.3, 0.4) is 0 Å². The van der Waals surface area contributed by atoms with Crippen molar-refractivity contribution in [3.05, 3.63) is 229 Å². The molecule has 2 amide bonds. The van der Waals surface area contributed by atoms with Crippen LogP contribution in [0.25, 0.3) is 39.5 Å². The predicted octanol–water partition coefficient (Wildman–Crippen LogP) is 15.1. The summed E-state index contributed by atoms with van der Waals surface area (Å²) in [5.41, 5.74) is 14.8. The van der Waals surface area contributed by atoms with Crippen LogP contribution >= 0.6 is 23.5 Å². The summed E-state index contributed by atoms with van der Waals surface area (Å²) in [6.45, 7) is 8.37. The number of aromatic hydroxyl groups is 2. The summed E-state index contributed by atoms with van der Waals surface area (Å²) in [6, 6.07) is 57.7. The molecule has 5 N–H and O–H groups in total. The van der Waals surface area contributed by atoms with E-state index < -0.39 is 0 Å². The molecule has 0 bridgehead atoms. The SMILES string of the molecule is C=C(Nc1ccc2c(c1)Sc1ccccc1C(=O)N2C)c1ccc(Nc2c(-c3ccc(O)cc3)nc3c(C)cccn23)cc1.Cc1cccn2c(Nc3ccc4c(c3)Sc3ccccc3C(=O)N4C)c(-c3ccc(O)cc3)nc12. The van der Waals surface area contributed by atoms with Crippen molar-refractivity contribution in [1.82, 2.24) is 18.8 Å². The fraction of sp³-hybridized carbons (Fsp3) is 0.0625. The monoisotopic (exact) mass is 1070 g/mol. The van der Waals surface area contributed by atoms with Gasteiger partial charge in [0.15, 0.2) is 0 Å². The van der Waals surface area contributed by atoms with Crippen LogP contribution in [0.15, 0.2) is 221 Å². The number of benzene rings is 7. The lowest BCUT2D eigenvalue weighted by atomic mass is 10.1. The number of hydrogen-bond acceptors (Lipinski definition) is 11. The second-order valence-corrected chi connectivity index (χ2v) is 21.4. The van der Waals surface area contributed by atoms with E-state index in [9.17, 15) is 19.8 Å². The molecular weight excluding hydrogens is 1020 g/mol. The van der Waals surface area contributed by atoms with Crippen LogP contribution in [0.4, 0.5) is 40.1 Å². The first-order valence-corrected chi connectivity index (χ1v) is 27.0. The Kier molecular flexibility index (Phi) is 13.1. The van der Waals surface area contributed by atoms with E-state index in [2.05, 4.69) is 34.7 Å². The molecule has 4 aromatic heterocycles. The number of nitrogens with zero attached hydrogens (tertiary/aromatic N) is 6. The summed E-state index contributed by atoms with van der Waals surface area (Å²) in [5, 5.41) is 30.2. The van der Waals surface area contributed by atoms with Crippen LogP contribution in [-0.2, 0) is 0 Å². The van der Waals surface area contributed by atoms with Gasteiger partial charge in [0.05, 0.1) is 22.5 Å². The van der Waals surface area contributed by atoms with E-state index in [-0.39, 0.29) is 23.3 Å². The number of pyridine rings is 2. The summed E-state index contributed by atoms with van der Waals surface area (Å²) in [4.78, 5) is 43.2. The number of imidazole rings is 2. The number of anilines is 7. The van der Waals surface area contributed by atoms with Gasteiger partial charge in [-0.2, -0.15) is 0 Å². The molecule has 0 atom stereocenters. The number of fused-ring (bicyclic) bond motifs is 6. The lowest BCUT2D eigenvalue weighted by Gasteiger charge is -2.19. The average molecular weight is 1070 g/mol. The fourth-order valence-electron chi connectivity index (χ4n) is 9.75. The van der Waals surface area contributed by atoms with Crippen molar-refractivity contribution in [1.29, 1.82) is 0 Å². The van der Waals surface area contributed by atoms with E-state index >= 15 is 0 Å². The zero-order valence-electron chi connectivity index (χ0n) is 43.4. The van der Waals surface area contributed by atoms with E-state index in [1.165, 1.54) is 0 Å². The number of hydrogen-bond donors (Lipinski definition) is 5. The second-order valence-electron chi connectivity index (χ2n) is 19.2. The van der Waals surface area contributed by atoms with Gasteiger partial charge in [-0.05, 0) is 164 Å². The third-order valence-corrected chi connectivity index (χ3v) is 16.2. The highest BCUT2D eigenvalue weighted by atomic mass is 32.2. The Balaban J connectivity index is 0.000000162. The van der Waals surface area contributed by atoms with Gasteiger partial charge in [-0.1, -0.05) is 78.6 Å².